The van der Waals surface area contributed by atoms with Gasteiger partial charge in [-0.3, -0.25) is 9.36 Å². The van der Waals surface area contributed by atoms with E-state index in [9.17, 15) is 5.11 Å². The van der Waals surface area contributed by atoms with Crippen LogP contribution in [0.4, 0.5) is 0 Å². The molecule has 1 unspecified atom stereocenters. The normalized spacial score (nSPS) is 12.3. The minimum atomic E-state index is -0.897. The Bertz CT molecular complexity index is 1290. The molecule has 0 aliphatic carbocycles. The van der Waals surface area contributed by atoms with Gasteiger partial charge in [-0.15, -0.1) is 0 Å². The highest BCUT2D eigenvalue weighted by Crippen LogP contribution is 2.36. The second-order valence-corrected chi connectivity index (χ2v) is 9.52. The lowest BCUT2D eigenvalue weighted by molar-refractivity contribution is 0.212. The molecule has 0 aliphatic heterocycles. The van der Waals surface area contributed by atoms with Crippen LogP contribution in [-0.4, -0.2) is 58.4 Å². The molecule has 35 heavy (non-hydrogen) atoms. The third-order valence-corrected chi connectivity index (χ3v) is 6.94. The van der Waals surface area contributed by atoms with Crippen LogP contribution in [0.5, 0.6) is 11.8 Å². The molecule has 11 nitrogen and oxygen atoms in total. The van der Waals surface area contributed by atoms with Gasteiger partial charge >= 0.3 is 0 Å². The van der Waals surface area contributed by atoms with E-state index < -0.39 is 6.10 Å². The topological polar surface area (TPSA) is 110 Å². The van der Waals surface area contributed by atoms with Crippen LogP contribution in [0.25, 0.3) is 0 Å². The van der Waals surface area contributed by atoms with Crippen molar-refractivity contribution < 1.29 is 14.6 Å². The van der Waals surface area contributed by atoms with E-state index in [2.05, 4.69) is 52.3 Å². The molecule has 0 radical (unpaired) electrons. The summed E-state index contributed by atoms with van der Waals surface area (Å²) in [6.07, 6.45) is 7.90. The molecule has 188 valence electrons. The average Bonchev–Trinajstić information content (AvgIpc) is 3.60. The lowest BCUT2D eigenvalue weighted by Gasteiger charge is -2.11. The van der Waals surface area contributed by atoms with Crippen molar-refractivity contribution in [1.29, 1.82) is 0 Å². The van der Waals surface area contributed by atoms with Crippen LogP contribution in [0, 0.1) is 0 Å². The number of hydrogen-bond acceptors (Lipinski definition) is 7. The molecule has 4 rings (SSSR count). The Morgan fingerprint density at radius 1 is 0.971 bits per heavy atom. The predicted molar refractivity (Wildman–Crippen MR) is 136 cm³/mol. The van der Waals surface area contributed by atoms with Crippen molar-refractivity contribution in [2.45, 2.75) is 45.5 Å². The van der Waals surface area contributed by atoms with Crippen molar-refractivity contribution in [1.82, 2.24) is 39.1 Å². The van der Waals surface area contributed by atoms with Gasteiger partial charge in [0, 0.05) is 51.1 Å². The zero-order chi connectivity index (χ0) is 25.1. The highest BCUT2D eigenvalue weighted by atomic mass is 79.9. The molecule has 0 amide bonds. The number of rotatable bonds is 11. The number of aryl methyl sites for hydroxylation is 4. The smallest absolute Gasteiger partial charge is 0.219 e. The zero-order valence-corrected chi connectivity index (χ0v) is 23.2. The molecular weight excluding hydrogens is 584 g/mol. The summed E-state index contributed by atoms with van der Waals surface area (Å²) in [6.45, 7) is 4.02. The molecule has 4 aromatic heterocycles. The van der Waals surface area contributed by atoms with Crippen molar-refractivity contribution in [2.75, 3.05) is 14.2 Å². The van der Waals surface area contributed by atoms with Gasteiger partial charge in [0.05, 0.1) is 37.7 Å². The molecular formula is C22H28Br2N8O3. The number of aliphatic hydroxyl groups is 1. The summed E-state index contributed by atoms with van der Waals surface area (Å²) < 4.78 is 19.5. The fraction of sp³-hybridized carbons (Fsp3) is 0.455. The van der Waals surface area contributed by atoms with E-state index in [-0.39, 0.29) is 0 Å². The van der Waals surface area contributed by atoms with Crippen LogP contribution in [-0.2, 0) is 33.1 Å². The van der Waals surface area contributed by atoms with Crippen LogP contribution in [0.2, 0.25) is 0 Å². The van der Waals surface area contributed by atoms with E-state index >= 15 is 0 Å². The molecule has 13 heteroatoms. The van der Waals surface area contributed by atoms with Crippen LogP contribution in [0.15, 0.2) is 34.0 Å². The zero-order valence-electron chi connectivity index (χ0n) is 20.0. The summed E-state index contributed by atoms with van der Waals surface area (Å²) in [7, 11) is 5.07. The van der Waals surface area contributed by atoms with Gasteiger partial charge in [0.15, 0.2) is 0 Å². The third-order valence-electron chi connectivity index (χ3n) is 5.71. The Labute approximate surface area is 219 Å². The molecule has 0 fully saturated rings. The maximum atomic E-state index is 10.9. The van der Waals surface area contributed by atoms with Gasteiger partial charge < -0.3 is 14.6 Å². The Morgan fingerprint density at radius 3 is 2.40 bits per heavy atom. The van der Waals surface area contributed by atoms with Crippen molar-refractivity contribution in [3.8, 4) is 11.8 Å². The second-order valence-electron chi connectivity index (χ2n) is 8.01. The summed E-state index contributed by atoms with van der Waals surface area (Å²) in [5.74, 6) is 1.24. The number of methoxy groups -OCH3 is 2. The number of ether oxygens (including phenoxy) is 2. The van der Waals surface area contributed by atoms with Crippen LogP contribution in [0.3, 0.4) is 0 Å². The first-order valence-electron chi connectivity index (χ1n) is 11.1. The number of aliphatic hydroxyl groups excluding tert-OH is 1. The Hall–Kier alpha value is -2.64. The van der Waals surface area contributed by atoms with Crippen molar-refractivity contribution in [3.63, 3.8) is 0 Å². The lowest BCUT2D eigenvalue weighted by Crippen LogP contribution is -2.08. The summed E-state index contributed by atoms with van der Waals surface area (Å²) in [6, 6.07) is 0. The van der Waals surface area contributed by atoms with E-state index in [4.69, 9.17) is 9.47 Å². The molecule has 0 bridgehead atoms. The SMILES string of the molecule is CCn1cc(C(O)c2c(Br)nn(CCCn3cc(Cc4c(Br)nn(C)c4OC)cn3)c2OC)cn1. The van der Waals surface area contributed by atoms with E-state index in [0.717, 1.165) is 34.6 Å². The standard InChI is InChI=1S/C22H28Br2N8O3/c1-5-30-13-15(11-26-30)18(33)17-20(24)28-32(22(17)35-4)8-6-7-31-12-14(10-25-31)9-16-19(23)27-29(2)21(16)34-3/h10-13,18,33H,5-9H2,1-4H3. The van der Waals surface area contributed by atoms with E-state index in [1.807, 2.05) is 37.2 Å². The fourth-order valence-corrected chi connectivity index (χ4v) is 5.15. The number of hydrogen-bond donors (Lipinski definition) is 1. The van der Waals surface area contributed by atoms with E-state index in [0.29, 0.717) is 41.1 Å². The molecule has 1 atom stereocenters. The molecule has 0 aromatic carbocycles. The first-order valence-corrected chi connectivity index (χ1v) is 12.7. The third kappa shape index (κ3) is 5.31. The number of aromatic nitrogens is 8. The van der Waals surface area contributed by atoms with Crippen molar-refractivity contribution in [3.05, 3.63) is 56.2 Å². The molecule has 4 aromatic rings. The molecule has 0 saturated heterocycles. The highest BCUT2D eigenvalue weighted by molar-refractivity contribution is 9.10. The average molecular weight is 612 g/mol. The van der Waals surface area contributed by atoms with Gasteiger partial charge in [-0.25, -0.2) is 9.36 Å². The Morgan fingerprint density at radius 2 is 1.71 bits per heavy atom. The Balaban J connectivity index is 1.41. The first-order chi connectivity index (χ1) is 16.9. The highest BCUT2D eigenvalue weighted by Gasteiger charge is 2.26. The van der Waals surface area contributed by atoms with Crippen LogP contribution < -0.4 is 9.47 Å². The number of nitrogens with zero attached hydrogens (tertiary/aromatic N) is 8. The molecule has 1 N–H and O–H groups in total. The minimum Gasteiger partial charge on any atom is -0.481 e. The summed E-state index contributed by atoms with van der Waals surface area (Å²) in [4.78, 5) is 0. The Kier molecular flexibility index (Phi) is 7.97. The van der Waals surface area contributed by atoms with Gasteiger partial charge in [-0.2, -0.15) is 20.4 Å². The molecule has 4 heterocycles. The largest absolute Gasteiger partial charge is 0.481 e. The summed E-state index contributed by atoms with van der Waals surface area (Å²) >= 11 is 6.99. The quantitative estimate of drug-likeness (QED) is 0.277. The second kappa shape index (κ2) is 11.0. The summed E-state index contributed by atoms with van der Waals surface area (Å²) in [5, 5.41) is 28.6. The molecule has 0 saturated carbocycles. The van der Waals surface area contributed by atoms with E-state index in [1.54, 1.807) is 34.5 Å². The molecule has 0 spiro atoms. The maximum Gasteiger partial charge on any atom is 0.219 e. The van der Waals surface area contributed by atoms with Crippen LogP contribution >= 0.6 is 31.9 Å². The monoisotopic (exact) mass is 610 g/mol. The van der Waals surface area contributed by atoms with Gasteiger partial charge in [0.25, 0.3) is 0 Å². The lowest BCUT2D eigenvalue weighted by atomic mass is 10.1. The predicted octanol–water partition coefficient (Wildman–Crippen LogP) is 3.33. The van der Waals surface area contributed by atoms with E-state index in [1.165, 1.54) is 0 Å². The maximum absolute atomic E-state index is 10.9. The van der Waals surface area contributed by atoms with Gasteiger partial charge in [0.2, 0.25) is 11.8 Å². The van der Waals surface area contributed by atoms with Crippen molar-refractivity contribution in [2.24, 2.45) is 7.05 Å². The van der Waals surface area contributed by atoms with Crippen molar-refractivity contribution >= 4 is 31.9 Å². The number of halogens is 2. The van der Waals surface area contributed by atoms with Gasteiger partial charge in [0.1, 0.15) is 15.3 Å². The minimum absolute atomic E-state index is 0.517. The first kappa shape index (κ1) is 25.5. The van der Waals surface area contributed by atoms with Gasteiger partial charge in [-0.05, 0) is 50.8 Å². The molecule has 0 aliphatic rings. The van der Waals surface area contributed by atoms with Gasteiger partial charge in [-0.1, -0.05) is 0 Å². The fourth-order valence-electron chi connectivity index (χ4n) is 4.02. The van der Waals surface area contributed by atoms with Crippen LogP contribution in [0.1, 0.15) is 41.7 Å². The summed E-state index contributed by atoms with van der Waals surface area (Å²) in [5.41, 5.74) is 3.32.